The highest BCUT2D eigenvalue weighted by Gasteiger charge is 2.12. The molecule has 0 aromatic heterocycles. The average Bonchev–Trinajstić information content (AvgIpc) is 2.33. The number of methoxy groups -OCH3 is 3. The molecule has 0 unspecified atom stereocenters. The first-order valence-electron chi connectivity index (χ1n) is 4.92. The first-order chi connectivity index (χ1) is 8.41. The third kappa shape index (κ3) is 3.64. The van der Waals surface area contributed by atoms with Crippen LogP contribution in [0.4, 0.5) is 0 Å². The second-order valence-electron chi connectivity index (χ2n) is 3.35. The van der Waals surface area contributed by atoms with Gasteiger partial charge in [-0.2, -0.15) is 0 Å². The molecule has 0 heterocycles. The molecule has 1 rings (SSSR count). The van der Waals surface area contributed by atoms with Gasteiger partial charge in [0.2, 0.25) is 15.8 Å². The standard InChI is InChI=1S/C11H15NO5S/c1-15-9-6-8(4-5-18(12,13)14)7-10(16-2)11(9)17-3/h4-7H,1-3H3,(H2,12,13,14)/b5-4+. The lowest BCUT2D eigenvalue weighted by molar-refractivity contribution is 0.324. The van der Waals surface area contributed by atoms with Crippen LogP contribution in [0, 0.1) is 0 Å². The van der Waals surface area contributed by atoms with E-state index in [4.69, 9.17) is 19.3 Å². The summed E-state index contributed by atoms with van der Waals surface area (Å²) >= 11 is 0. The molecule has 0 fully saturated rings. The van der Waals surface area contributed by atoms with Crippen molar-refractivity contribution in [3.8, 4) is 17.2 Å². The Morgan fingerprint density at radius 2 is 1.56 bits per heavy atom. The average molecular weight is 273 g/mol. The third-order valence-electron chi connectivity index (χ3n) is 2.14. The number of benzene rings is 1. The second-order valence-corrected chi connectivity index (χ2v) is 4.80. The predicted molar refractivity (Wildman–Crippen MR) is 68.2 cm³/mol. The molecule has 2 N–H and O–H groups in total. The van der Waals surface area contributed by atoms with Gasteiger partial charge >= 0.3 is 0 Å². The van der Waals surface area contributed by atoms with Crippen molar-refractivity contribution in [2.24, 2.45) is 5.14 Å². The van der Waals surface area contributed by atoms with Crippen molar-refractivity contribution < 1.29 is 22.6 Å². The van der Waals surface area contributed by atoms with Crippen LogP contribution in [0.5, 0.6) is 17.2 Å². The van der Waals surface area contributed by atoms with Crippen LogP contribution in [0.1, 0.15) is 5.56 Å². The fourth-order valence-electron chi connectivity index (χ4n) is 1.37. The molecular weight excluding hydrogens is 258 g/mol. The van der Waals surface area contributed by atoms with E-state index in [9.17, 15) is 8.42 Å². The fourth-order valence-corrected chi connectivity index (χ4v) is 1.72. The number of sulfonamides is 1. The number of ether oxygens (including phenoxy) is 3. The van der Waals surface area contributed by atoms with Crippen LogP contribution in [-0.4, -0.2) is 29.7 Å². The first-order valence-corrected chi connectivity index (χ1v) is 6.53. The molecule has 1 aromatic rings. The van der Waals surface area contributed by atoms with E-state index in [-0.39, 0.29) is 0 Å². The fraction of sp³-hybridized carbons (Fsp3) is 0.273. The lowest BCUT2D eigenvalue weighted by atomic mass is 10.2. The molecule has 7 heteroatoms. The maximum atomic E-state index is 10.8. The zero-order chi connectivity index (χ0) is 13.8. The van der Waals surface area contributed by atoms with Gasteiger partial charge in [0.05, 0.1) is 21.3 Å². The van der Waals surface area contributed by atoms with Crippen LogP contribution in [-0.2, 0) is 10.0 Å². The largest absolute Gasteiger partial charge is 0.493 e. The maximum absolute atomic E-state index is 10.8. The van der Waals surface area contributed by atoms with E-state index in [0.717, 1.165) is 5.41 Å². The van der Waals surface area contributed by atoms with Crippen molar-refractivity contribution in [3.05, 3.63) is 23.1 Å². The van der Waals surface area contributed by atoms with Crippen LogP contribution in [0.15, 0.2) is 17.5 Å². The minimum atomic E-state index is -3.67. The predicted octanol–water partition coefficient (Wildman–Crippen LogP) is 0.972. The SMILES string of the molecule is COc1cc(/C=C/S(N)(=O)=O)cc(OC)c1OC. The van der Waals surface area contributed by atoms with Gasteiger partial charge in [-0.05, 0) is 23.8 Å². The molecular formula is C11H15NO5S. The Balaban J connectivity index is 3.28. The van der Waals surface area contributed by atoms with Crippen molar-refractivity contribution in [1.82, 2.24) is 0 Å². The van der Waals surface area contributed by atoms with Crippen LogP contribution >= 0.6 is 0 Å². The summed E-state index contributed by atoms with van der Waals surface area (Å²) in [5.74, 6) is 1.31. The minimum Gasteiger partial charge on any atom is -0.493 e. The summed E-state index contributed by atoms with van der Waals surface area (Å²) in [5, 5.41) is 5.78. The quantitative estimate of drug-likeness (QED) is 0.863. The van der Waals surface area contributed by atoms with Crippen LogP contribution in [0.3, 0.4) is 0 Å². The summed E-state index contributed by atoms with van der Waals surface area (Å²) in [5.41, 5.74) is 0.568. The van der Waals surface area contributed by atoms with Crippen molar-refractivity contribution in [2.75, 3.05) is 21.3 Å². The lowest BCUT2D eigenvalue weighted by Crippen LogP contribution is -2.06. The molecule has 18 heavy (non-hydrogen) atoms. The minimum absolute atomic E-state index is 0.436. The third-order valence-corrected chi connectivity index (χ3v) is 2.65. The zero-order valence-corrected chi connectivity index (χ0v) is 11.2. The Labute approximate surface area is 106 Å². The highest BCUT2D eigenvalue weighted by molar-refractivity contribution is 7.92. The van der Waals surface area contributed by atoms with Crippen LogP contribution in [0.2, 0.25) is 0 Å². The lowest BCUT2D eigenvalue weighted by Gasteiger charge is -2.12. The van der Waals surface area contributed by atoms with Gasteiger partial charge in [0.25, 0.3) is 0 Å². The monoisotopic (exact) mass is 273 g/mol. The highest BCUT2D eigenvalue weighted by Crippen LogP contribution is 2.38. The molecule has 1 aromatic carbocycles. The van der Waals surface area contributed by atoms with Gasteiger partial charge in [-0.25, -0.2) is 13.6 Å². The maximum Gasteiger partial charge on any atom is 0.231 e. The number of hydrogen-bond acceptors (Lipinski definition) is 5. The molecule has 0 aliphatic rings. The van der Waals surface area contributed by atoms with Gasteiger partial charge in [-0.15, -0.1) is 0 Å². The molecule has 0 amide bonds. The van der Waals surface area contributed by atoms with Gasteiger partial charge in [-0.3, -0.25) is 0 Å². The number of hydrogen-bond donors (Lipinski definition) is 1. The smallest absolute Gasteiger partial charge is 0.231 e. The van der Waals surface area contributed by atoms with Crippen molar-refractivity contribution >= 4 is 16.1 Å². The van der Waals surface area contributed by atoms with Gasteiger partial charge in [0.15, 0.2) is 11.5 Å². The summed E-state index contributed by atoms with van der Waals surface area (Å²) in [7, 11) is 0.769. The van der Waals surface area contributed by atoms with E-state index in [2.05, 4.69) is 0 Å². The van der Waals surface area contributed by atoms with E-state index in [1.54, 1.807) is 12.1 Å². The molecule has 0 aliphatic heterocycles. The number of nitrogens with two attached hydrogens (primary N) is 1. The Morgan fingerprint density at radius 3 is 1.89 bits per heavy atom. The van der Waals surface area contributed by atoms with Crippen molar-refractivity contribution in [1.29, 1.82) is 0 Å². The highest BCUT2D eigenvalue weighted by atomic mass is 32.2. The summed E-state index contributed by atoms with van der Waals surface area (Å²) in [6, 6.07) is 3.23. The Bertz CT molecular complexity index is 526. The molecule has 0 radical (unpaired) electrons. The van der Waals surface area contributed by atoms with E-state index in [0.29, 0.717) is 22.8 Å². The van der Waals surface area contributed by atoms with Gasteiger partial charge < -0.3 is 14.2 Å². The molecule has 0 saturated carbocycles. The summed E-state index contributed by atoms with van der Waals surface area (Å²) in [6.45, 7) is 0. The van der Waals surface area contributed by atoms with Crippen molar-refractivity contribution in [3.63, 3.8) is 0 Å². The summed E-state index contributed by atoms with van der Waals surface area (Å²) in [4.78, 5) is 0. The Kier molecular flexibility index (Phi) is 4.57. The van der Waals surface area contributed by atoms with E-state index < -0.39 is 10.0 Å². The Morgan fingerprint density at radius 1 is 1.06 bits per heavy atom. The second kappa shape index (κ2) is 5.74. The van der Waals surface area contributed by atoms with Crippen molar-refractivity contribution in [2.45, 2.75) is 0 Å². The van der Waals surface area contributed by atoms with E-state index >= 15 is 0 Å². The van der Waals surface area contributed by atoms with E-state index in [1.807, 2.05) is 0 Å². The van der Waals surface area contributed by atoms with Gasteiger partial charge in [0, 0.05) is 5.41 Å². The Hall–Kier alpha value is -1.73. The van der Waals surface area contributed by atoms with Gasteiger partial charge in [0.1, 0.15) is 0 Å². The zero-order valence-electron chi connectivity index (χ0n) is 10.3. The topological polar surface area (TPSA) is 87.9 Å². The molecule has 0 spiro atoms. The summed E-state index contributed by atoms with van der Waals surface area (Å²) in [6.07, 6.45) is 1.35. The van der Waals surface area contributed by atoms with E-state index in [1.165, 1.54) is 27.4 Å². The molecule has 0 aliphatic carbocycles. The molecule has 0 bridgehead atoms. The van der Waals surface area contributed by atoms with Gasteiger partial charge in [-0.1, -0.05) is 0 Å². The summed E-state index contributed by atoms with van der Waals surface area (Å²) < 4.78 is 37.1. The molecule has 0 atom stereocenters. The first kappa shape index (κ1) is 14.3. The number of primary sulfonamides is 1. The molecule has 6 nitrogen and oxygen atoms in total. The van der Waals surface area contributed by atoms with Crippen LogP contribution < -0.4 is 19.3 Å². The molecule has 0 saturated heterocycles. The van der Waals surface area contributed by atoms with Crippen LogP contribution in [0.25, 0.3) is 6.08 Å². The molecule has 100 valence electrons. The number of rotatable bonds is 5. The normalized spacial score (nSPS) is 11.6.